The van der Waals surface area contributed by atoms with Crippen molar-refractivity contribution in [1.29, 1.82) is 0 Å². The third-order valence-electron chi connectivity index (χ3n) is 5.06. The maximum absolute atomic E-state index is 12.8. The second kappa shape index (κ2) is 6.45. The zero-order valence-electron chi connectivity index (χ0n) is 14.1. The third-order valence-corrected chi connectivity index (χ3v) is 5.06. The lowest BCUT2D eigenvalue weighted by Gasteiger charge is -2.34. The van der Waals surface area contributed by atoms with E-state index in [4.69, 9.17) is 10.5 Å². The summed E-state index contributed by atoms with van der Waals surface area (Å²) in [5, 5.41) is 7.73. The lowest BCUT2D eigenvalue weighted by Crippen LogP contribution is -2.46. The van der Waals surface area contributed by atoms with E-state index in [1.807, 2.05) is 0 Å². The van der Waals surface area contributed by atoms with Crippen LogP contribution in [0.15, 0.2) is 24.3 Å². The fourth-order valence-corrected chi connectivity index (χ4v) is 3.20. The minimum absolute atomic E-state index is 0.152. The summed E-state index contributed by atoms with van der Waals surface area (Å²) in [7, 11) is 0. The Bertz CT molecular complexity index is 714. The molecule has 1 aromatic carbocycles. The first-order chi connectivity index (χ1) is 11.9. The van der Waals surface area contributed by atoms with E-state index in [1.54, 1.807) is 31.2 Å². The Morgan fingerprint density at radius 2 is 2.04 bits per heavy atom. The van der Waals surface area contributed by atoms with E-state index in [9.17, 15) is 14.4 Å². The number of nitrogens with two attached hydrogens (primary N) is 1. The first-order valence-corrected chi connectivity index (χ1v) is 8.23. The highest BCUT2D eigenvalue weighted by molar-refractivity contribution is 6.07. The molecule has 1 aromatic rings. The van der Waals surface area contributed by atoms with Crippen molar-refractivity contribution in [3.8, 4) is 0 Å². The van der Waals surface area contributed by atoms with E-state index in [0.717, 1.165) is 0 Å². The lowest BCUT2D eigenvalue weighted by molar-refractivity contribution is -0.130. The van der Waals surface area contributed by atoms with E-state index in [2.05, 4.69) is 16.0 Å². The number of carbonyl (C=O) groups excluding carboxylic acids is 3. The van der Waals surface area contributed by atoms with E-state index in [-0.39, 0.29) is 12.5 Å². The number of amides is 4. The number of urea groups is 1. The first-order valence-electron chi connectivity index (χ1n) is 8.23. The van der Waals surface area contributed by atoms with Gasteiger partial charge >= 0.3 is 6.03 Å². The highest BCUT2D eigenvalue weighted by Crippen LogP contribution is 2.32. The topological polar surface area (TPSA) is 123 Å². The fraction of sp³-hybridized carbons (Fsp3) is 0.471. The van der Waals surface area contributed by atoms with Crippen LogP contribution in [0.4, 0.5) is 10.5 Å². The van der Waals surface area contributed by atoms with Crippen molar-refractivity contribution < 1.29 is 19.1 Å². The average molecular weight is 346 g/mol. The molecule has 25 heavy (non-hydrogen) atoms. The molecular weight excluding hydrogens is 324 g/mol. The Labute approximate surface area is 145 Å². The normalized spacial score (nSPS) is 25.2. The molecule has 3 rings (SSSR count). The second-order valence-corrected chi connectivity index (χ2v) is 6.67. The van der Waals surface area contributed by atoms with Gasteiger partial charge in [-0.25, -0.2) is 4.79 Å². The van der Waals surface area contributed by atoms with Crippen LogP contribution < -0.4 is 21.7 Å². The molecule has 1 unspecified atom stereocenters. The van der Waals surface area contributed by atoms with Crippen LogP contribution in [0, 0.1) is 5.41 Å². The van der Waals surface area contributed by atoms with Crippen LogP contribution in [-0.4, -0.2) is 37.6 Å². The van der Waals surface area contributed by atoms with Crippen LogP contribution >= 0.6 is 0 Å². The molecule has 0 aromatic heterocycles. The van der Waals surface area contributed by atoms with Gasteiger partial charge in [0.15, 0.2) is 0 Å². The first kappa shape index (κ1) is 17.4. The molecule has 0 saturated carbocycles. The zero-order valence-corrected chi connectivity index (χ0v) is 14.1. The Morgan fingerprint density at radius 1 is 1.32 bits per heavy atom. The van der Waals surface area contributed by atoms with E-state index >= 15 is 0 Å². The van der Waals surface area contributed by atoms with Gasteiger partial charge in [0, 0.05) is 25.4 Å². The molecule has 8 heteroatoms. The average Bonchev–Trinajstić information content (AvgIpc) is 2.88. The summed E-state index contributed by atoms with van der Waals surface area (Å²) in [4.78, 5) is 36.3. The number of imide groups is 1. The van der Waals surface area contributed by atoms with Crippen LogP contribution in [0.3, 0.4) is 0 Å². The van der Waals surface area contributed by atoms with Gasteiger partial charge in [-0.3, -0.25) is 14.9 Å². The van der Waals surface area contributed by atoms with E-state index in [1.165, 1.54) is 0 Å². The maximum atomic E-state index is 12.8. The van der Waals surface area contributed by atoms with Crippen LogP contribution in [-0.2, 0) is 19.9 Å². The maximum Gasteiger partial charge on any atom is 0.322 e. The van der Waals surface area contributed by atoms with E-state index < -0.39 is 22.9 Å². The van der Waals surface area contributed by atoms with Crippen molar-refractivity contribution in [1.82, 2.24) is 10.6 Å². The summed E-state index contributed by atoms with van der Waals surface area (Å²) in [6.45, 7) is 2.88. The molecule has 134 valence electrons. The smallest absolute Gasteiger partial charge is 0.322 e. The molecular formula is C17H22N4O4. The minimum atomic E-state index is -1.16. The molecule has 0 bridgehead atoms. The van der Waals surface area contributed by atoms with Crippen LogP contribution in [0.5, 0.6) is 0 Å². The number of hydrogen-bond acceptors (Lipinski definition) is 5. The highest BCUT2D eigenvalue weighted by Gasteiger charge is 2.44. The predicted molar refractivity (Wildman–Crippen MR) is 90.6 cm³/mol. The third kappa shape index (κ3) is 3.10. The van der Waals surface area contributed by atoms with Gasteiger partial charge in [0.25, 0.3) is 5.91 Å². The van der Waals surface area contributed by atoms with Gasteiger partial charge in [-0.05, 0) is 37.5 Å². The summed E-state index contributed by atoms with van der Waals surface area (Å²) in [6.07, 6.45) is 1.15. The molecule has 2 fully saturated rings. The van der Waals surface area contributed by atoms with Crippen molar-refractivity contribution in [2.75, 3.05) is 25.1 Å². The number of nitrogens with one attached hydrogen (secondary N) is 3. The number of benzene rings is 1. The van der Waals surface area contributed by atoms with Gasteiger partial charge < -0.3 is 21.1 Å². The number of ether oxygens (including phenoxy) is 1. The summed E-state index contributed by atoms with van der Waals surface area (Å²) in [5.74, 6) is -0.579. The van der Waals surface area contributed by atoms with Gasteiger partial charge in [0.05, 0.1) is 5.41 Å². The quantitative estimate of drug-likeness (QED) is 0.589. The predicted octanol–water partition coefficient (Wildman–Crippen LogP) is 0.435. The van der Waals surface area contributed by atoms with Gasteiger partial charge in [-0.1, -0.05) is 12.1 Å². The molecule has 0 aliphatic carbocycles. The number of anilines is 1. The van der Waals surface area contributed by atoms with Gasteiger partial charge in [-0.15, -0.1) is 0 Å². The molecule has 1 atom stereocenters. The summed E-state index contributed by atoms with van der Waals surface area (Å²) in [6, 6.07) is 6.35. The molecule has 0 radical (unpaired) electrons. The standard InChI is InChI=1S/C17H22N4O4/c1-16(13(22)20-15(24)21-16)11-3-2-4-12(9-11)19-14(23)17(10-18)5-7-25-8-6-17/h2-4,9H,5-8,10,18H2,1H3,(H,19,23)(H2,20,21,22,24). The monoisotopic (exact) mass is 346 g/mol. The largest absolute Gasteiger partial charge is 0.381 e. The van der Waals surface area contributed by atoms with Crippen LogP contribution in [0.1, 0.15) is 25.3 Å². The lowest BCUT2D eigenvalue weighted by atomic mass is 9.79. The highest BCUT2D eigenvalue weighted by atomic mass is 16.5. The van der Waals surface area contributed by atoms with Gasteiger partial charge in [-0.2, -0.15) is 0 Å². The number of carbonyl (C=O) groups is 3. The summed E-state index contributed by atoms with van der Waals surface area (Å²) in [5.41, 5.74) is 5.19. The Balaban J connectivity index is 1.81. The molecule has 2 aliphatic heterocycles. The molecule has 5 N–H and O–H groups in total. The molecule has 2 saturated heterocycles. The molecule has 8 nitrogen and oxygen atoms in total. The van der Waals surface area contributed by atoms with Crippen LogP contribution in [0.2, 0.25) is 0 Å². The van der Waals surface area contributed by atoms with Gasteiger partial charge in [0.2, 0.25) is 5.91 Å². The van der Waals surface area contributed by atoms with Crippen molar-refractivity contribution >= 4 is 23.5 Å². The Kier molecular flexibility index (Phi) is 4.49. The van der Waals surface area contributed by atoms with Crippen LogP contribution in [0.25, 0.3) is 0 Å². The van der Waals surface area contributed by atoms with Crippen molar-refractivity contribution in [2.24, 2.45) is 11.1 Å². The Morgan fingerprint density at radius 3 is 2.64 bits per heavy atom. The molecule has 0 spiro atoms. The minimum Gasteiger partial charge on any atom is -0.381 e. The Hall–Kier alpha value is -2.45. The second-order valence-electron chi connectivity index (χ2n) is 6.67. The molecule has 2 aliphatic rings. The number of rotatable bonds is 4. The van der Waals surface area contributed by atoms with Crippen molar-refractivity contribution in [2.45, 2.75) is 25.3 Å². The van der Waals surface area contributed by atoms with Gasteiger partial charge in [0.1, 0.15) is 5.54 Å². The summed E-state index contributed by atoms with van der Waals surface area (Å²) < 4.78 is 5.33. The zero-order chi connectivity index (χ0) is 18.1. The summed E-state index contributed by atoms with van der Waals surface area (Å²) >= 11 is 0. The fourth-order valence-electron chi connectivity index (χ4n) is 3.20. The molecule has 2 heterocycles. The molecule has 4 amide bonds. The van der Waals surface area contributed by atoms with Crippen molar-refractivity contribution in [3.05, 3.63) is 29.8 Å². The van der Waals surface area contributed by atoms with E-state index in [0.29, 0.717) is 37.3 Å². The van der Waals surface area contributed by atoms with Crippen molar-refractivity contribution in [3.63, 3.8) is 0 Å². The number of hydrogen-bond donors (Lipinski definition) is 4. The SMILES string of the molecule is CC1(c2cccc(NC(=O)C3(CN)CCOCC3)c2)NC(=O)NC1=O.